The minimum absolute atomic E-state index is 0.0628. The summed E-state index contributed by atoms with van der Waals surface area (Å²) in [4.78, 5) is 11.6. The van der Waals surface area contributed by atoms with E-state index in [1.165, 1.54) is 0 Å². The van der Waals surface area contributed by atoms with Crippen molar-refractivity contribution in [2.45, 2.75) is 38.3 Å². The van der Waals surface area contributed by atoms with Crippen molar-refractivity contribution in [3.63, 3.8) is 0 Å². The van der Waals surface area contributed by atoms with Gasteiger partial charge in [0, 0.05) is 16.5 Å². The average molecular weight is 341 g/mol. The molecule has 2 aliphatic rings. The van der Waals surface area contributed by atoms with Crippen molar-refractivity contribution in [2.24, 2.45) is 11.8 Å². The third-order valence-corrected chi connectivity index (χ3v) is 4.49. The highest BCUT2D eigenvalue weighted by Gasteiger charge is 2.39. The molecule has 1 aromatic carbocycles. The molecule has 0 spiro atoms. The molecule has 0 radical (unpaired) electrons. The average Bonchev–Trinajstić information content (AvgIpc) is 3.33. The molecule has 23 heavy (non-hydrogen) atoms. The molecule has 1 aliphatic carbocycles. The first-order valence-corrected chi connectivity index (χ1v) is 8.29. The van der Waals surface area contributed by atoms with Crippen LogP contribution in [-0.2, 0) is 19.0 Å². The van der Waals surface area contributed by atoms with Gasteiger partial charge < -0.3 is 19.3 Å². The van der Waals surface area contributed by atoms with Crippen LogP contribution in [-0.4, -0.2) is 36.5 Å². The van der Waals surface area contributed by atoms with Crippen LogP contribution in [0.4, 0.5) is 0 Å². The molecule has 3 unspecified atom stereocenters. The molecular formula is C17H21ClO5. The largest absolute Gasteiger partial charge is 0.463 e. The van der Waals surface area contributed by atoms with Crippen molar-refractivity contribution in [2.75, 3.05) is 13.2 Å². The van der Waals surface area contributed by atoms with Crippen LogP contribution in [0.3, 0.4) is 0 Å². The van der Waals surface area contributed by atoms with Crippen molar-refractivity contribution < 1.29 is 24.1 Å². The van der Waals surface area contributed by atoms with Gasteiger partial charge in [-0.15, -0.1) is 0 Å². The van der Waals surface area contributed by atoms with Gasteiger partial charge in [0.1, 0.15) is 12.7 Å². The molecule has 1 heterocycles. The summed E-state index contributed by atoms with van der Waals surface area (Å²) in [6.45, 7) is 2.67. The van der Waals surface area contributed by atoms with E-state index >= 15 is 0 Å². The quantitative estimate of drug-likeness (QED) is 0.637. The maximum Gasteiger partial charge on any atom is 0.309 e. The van der Waals surface area contributed by atoms with E-state index in [1.54, 1.807) is 24.3 Å². The van der Waals surface area contributed by atoms with Gasteiger partial charge >= 0.3 is 5.97 Å². The van der Waals surface area contributed by atoms with Gasteiger partial charge in [-0.3, -0.25) is 4.79 Å². The maximum atomic E-state index is 11.6. The molecule has 0 bridgehead atoms. The lowest BCUT2D eigenvalue weighted by Gasteiger charge is -2.24. The highest BCUT2D eigenvalue weighted by Crippen LogP contribution is 2.32. The standard InChI is InChI=1S/C17H21ClO5/c1-10-8-21-14(9-22-16(19)11-2-3-11)15(10)23-17(20)12-4-6-13(18)7-5-12/h4-7,10-11,14-15,17,20H,2-3,8-9H2,1H3/t10-,14?,15?,17?/m1/s1. The first kappa shape index (κ1) is 16.7. The monoisotopic (exact) mass is 340 g/mol. The summed E-state index contributed by atoms with van der Waals surface area (Å²) in [5, 5.41) is 10.9. The summed E-state index contributed by atoms with van der Waals surface area (Å²) in [6.07, 6.45) is 0.0803. The number of aliphatic hydroxyl groups excluding tert-OH is 1. The molecule has 5 nitrogen and oxygen atoms in total. The number of aliphatic hydroxyl groups is 1. The number of rotatable bonds is 6. The Morgan fingerprint density at radius 1 is 1.39 bits per heavy atom. The summed E-state index contributed by atoms with van der Waals surface area (Å²) in [7, 11) is 0. The normalized spacial score (nSPS) is 28.6. The molecule has 126 valence electrons. The second-order valence-electron chi connectivity index (χ2n) is 6.26. The number of hydrogen-bond acceptors (Lipinski definition) is 5. The molecule has 1 saturated heterocycles. The number of hydrogen-bond donors (Lipinski definition) is 1. The number of halogens is 1. The second-order valence-corrected chi connectivity index (χ2v) is 6.69. The Kier molecular flexibility index (Phi) is 5.21. The summed E-state index contributed by atoms with van der Waals surface area (Å²) < 4.78 is 16.7. The summed E-state index contributed by atoms with van der Waals surface area (Å²) >= 11 is 5.84. The Labute approximate surface area is 140 Å². The lowest BCUT2D eigenvalue weighted by Crippen LogP contribution is -2.34. The molecule has 1 aliphatic heterocycles. The minimum atomic E-state index is -1.07. The van der Waals surface area contributed by atoms with E-state index in [0.29, 0.717) is 17.2 Å². The van der Waals surface area contributed by atoms with Crippen LogP contribution in [0.1, 0.15) is 31.6 Å². The van der Waals surface area contributed by atoms with E-state index in [9.17, 15) is 9.90 Å². The third kappa shape index (κ3) is 4.23. The molecule has 1 N–H and O–H groups in total. The minimum Gasteiger partial charge on any atom is -0.463 e. The highest BCUT2D eigenvalue weighted by atomic mass is 35.5. The predicted molar refractivity (Wildman–Crippen MR) is 83.9 cm³/mol. The van der Waals surface area contributed by atoms with Crippen molar-refractivity contribution in [1.82, 2.24) is 0 Å². The van der Waals surface area contributed by atoms with E-state index in [2.05, 4.69) is 0 Å². The molecule has 2 fully saturated rings. The SMILES string of the molecule is C[C@@H]1COC(COC(=O)C2CC2)C1OC(O)c1ccc(Cl)cc1. The van der Waals surface area contributed by atoms with Gasteiger partial charge in [-0.1, -0.05) is 30.7 Å². The molecule has 4 atom stereocenters. The maximum absolute atomic E-state index is 11.6. The second kappa shape index (κ2) is 7.18. The van der Waals surface area contributed by atoms with Crippen LogP contribution < -0.4 is 0 Å². The van der Waals surface area contributed by atoms with Crippen molar-refractivity contribution in [3.8, 4) is 0 Å². The Bertz CT molecular complexity index is 542. The van der Waals surface area contributed by atoms with E-state index < -0.39 is 6.29 Å². The fourth-order valence-electron chi connectivity index (χ4n) is 2.65. The first-order chi connectivity index (χ1) is 11.0. The van der Waals surface area contributed by atoms with Gasteiger partial charge in [-0.2, -0.15) is 0 Å². The van der Waals surface area contributed by atoms with Crippen LogP contribution in [0.15, 0.2) is 24.3 Å². The smallest absolute Gasteiger partial charge is 0.309 e. The van der Waals surface area contributed by atoms with Crippen molar-refractivity contribution in [1.29, 1.82) is 0 Å². The summed E-state index contributed by atoms with van der Waals surface area (Å²) in [5.74, 6) is 0.0135. The molecular weight excluding hydrogens is 320 g/mol. The van der Waals surface area contributed by atoms with Gasteiger partial charge in [0.05, 0.1) is 18.6 Å². The Hall–Kier alpha value is -1.14. The molecule has 6 heteroatoms. The molecule has 1 saturated carbocycles. The van der Waals surface area contributed by atoms with Gasteiger partial charge in [0.25, 0.3) is 0 Å². The number of esters is 1. The number of ether oxygens (including phenoxy) is 3. The van der Waals surface area contributed by atoms with Crippen LogP contribution >= 0.6 is 11.6 Å². The van der Waals surface area contributed by atoms with Crippen LogP contribution in [0.25, 0.3) is 0 Å². The van der Waals surface area contributed by atoms with Gasteiger partial charge in [-0.05, 0) is 25.0 Å². The zero-order chi connectivity index (χ0) is 16.4. The van der Waals surface area contributed by atoms with Gasteiger partial charge in [0.15, 0.2) is 6.29 Å². The summed E-state index contributed by atoms with van der Waals surface area (Å²) in [5.41, 5.74) is 0.627. The number of benzene rings is 1. The first-order valence-electron chi connectivity index (χ1n) is 7.92. The zero-order valence-electron chi connectivity index (χ0n) is 13.0. The summed E-state index contributed by atoms with van der Waals surface area (Å²) in [6, 6.07) is 6.84. The fourth-order valence-corrected chi connectivity index (χ4v) is 2.78. The number of carbonyl (C=O) groups is 1. The van der Waals surface area contributed by atoms with E-state index in [-0.39, 0.29) is 36.6 Å². The highest BCUT2D eigenvalue weighted by molar-refractivity contribution is 6.30. The van der Waals surface area contributed by atoms with E-state index in [4.69, 9.17) is 25.8 Å². The van der Waals surface area contributed by atoms with E-state index in [1.807, 2.05) is 6.92 Å². The van der Waals surface area contributed by atoms with Crippen LogP contribution in [0, 0.1) is 11.8 Å². The van der Waals surface area contributed by atoms with Crippen molar-refractivity contribution in [3.05, 3.63) is 34.9 Å². The van der Waals surface area contributed by atoms with Crippen LogP contribution in [0.5, 0.6) is 0 Å². The molecule has 0 aromatic heterocycles. The Morgan fingerprint density at radius 3 is 2.74 bits per heavy atom. The molecule has 3 rings (SSSR count). The van der Waals surface area contributed by atoms with Crippen LogP contribution in [0.2, 0.25) is 5.02 Å². The fraction of sp³-hybridized carbons (Fsp3) is 0.588. The lowest BCUT2D eigenvalue weighted by atomic mass is 10.0. The van der Waals surface area contributed by atoms with Gasteiger partial charge in [-0.25, -0.2) is 0 Å². The Morgan fingerprint density at radius 2 is 2.09 bits per heavy atom. The number of carbonyl (C=O) groups excluding carboxylic acids is 1. The van der Waals surface area contributed by atoms with E-state index in [0.717, 1.165) is 12.8 Å². The Balaban J connectivity index is 1.56. The topological polar surface area (TPSA) is 65.0 Å². The van der Waals surface area contributed by atoms with Gasteiger partial charge in [0.2, 0.25) is 0 Å². The zero-order valence-corrected chi connectivity index (χ0v) is 13.7. The lowest BCUT2D eigenvalue weighted by molar-refractivity contribution is -0.172. The third-order valence-electron chi connectivity index (χ3n) is 4.24. The molecule has 1 aromatic rings. The van der Waals surface area contributed by atoms with Crippen molar-refractivity contribution >= 4 is 17.6 Å². The predicted octanol–water partition coefficient (Wildman–Crippen LogP) is 2.70. The molecule has 0 amide bonds.